The lowest BCUT2D eigenvalue weighted by Crippen LogP contribution is -2.47. The lowest BCUT2D eigenvalue weighted by Gasteiger charge is -2.52. The fraction of sp³-hybridized carbons (Fsp3) is 0.767. The van der Waals surface area contributed by atoms with E-state index in [1.807, 2.05) is 12.1 Å². The summed E-state index contributed by atoms with van der Waals surface area (Å²) in [6.07, 6.45) is 16.3. The molecule has 3 aliphatic carbocycles. The molecular weight excluding hydrogens is 408 g/mol. The molecule has 0 amide bonds. The zero-order chi connectivity index (χ0) is 23.4. The number of benzene rings is 1. The van der Waals surface area contributed by atoms with Crippen LogP contribution in [0.3, 0.4) is 0 Å². The maximum absolute atomic E-state index is 12.7. The average Bonchev–Trinajstić information content (AvgIpc) is 3.11. The van der Waals surface area contributed by atoms with E-state index in [0.29, 0.717) is 35.8 Å². The third-order valence-electron chi connectivity index (χ3n) is 9.48. The number of phenols is 1. The molecule has 4 rings (SSSR count). The molecule has 3 unspecified atom stereocenters. The quantitative estimate of drug-likeness (QED) is 0.288. The Bertz CT molecular complexity index is 802. The van der Waals surface area contributed by atoms with Gasteiger partial charge in [-0.25, -0.2) is 0 Å². The molecule has 0 bridgehead atoms. The predicted molar refractivity (Wildman–Crippen MR) is 134 cm³/mol. The van der Waals surface area contributed by atoms with Crippen LogP contribution in [0.1, 0.15) is 121 Å². The van der Waals surface area contributed by atoms with E-state index < -0.39 is 0 Å². The molecule has 0 saturated heterocycles. The van der Waals surface area contributed by atoms with Crippen LogP contribution in [-0.4, -0.2) is 17.2 Å². The Balaban J connectivity index is 1.30. The molecule has 2 saturated carbocycles. The first-order chi connectivity index (χ1) is 15.9. The molecule has 6 atom stereocenters. The van der Waals surface area contributed by atoms with E-state index in [-0.39, 0.29) is 17.5 Å². The zero-order valence-electron chi connectivity index (χ0n) is 21.3. The molecule has 0 radical (unpaired) electrons. The number of hydrogen-bond acceptors (Lipinski definition) is 3. The third-order valence-corrected chi connectivity index (χ3v) is 9.48. The SMILES string of the molecule is CCCCCCCCCCC(=O)O[C@H]1CCC2C3C(CC[C@@]21C)c1ccc(O)cc1C[C@@H]3C. The van der Waals surface area contributed by atoms with Crippen molar-refractivity contribution in [3.05, 3.63) is 29.3 Å². The summed E-state index contributed by atoms with van der Waals surface area (Å²) in [4.78, 5) is 12.7. The van der Waals surface area contributed by atoms with E-state index in [1.165, 1.54) is 62.5 Å². The van der Waals surface area contributed by atoms with Gasteiger partial charge in [-0.15, -0.1) is 0 Å². The van der Waals surface area contributed by atoms with E-state index in [4.69, 9.17) is 4.74 Å². The molecule has 1 aromatic carbocycles. The number of ether oxygens (including phenoxy) is 1. The predicted octanol–water partition coefficient (Wildman–Crippen LogP) is 7.94. The molecule has 3 nitrogen and oxygen atoms in total. The topological polar surface area (TPSA) is 46.5 Å². The van der Waals surface area contributed by atoms with Gasteiger partial charge in [0.25, 0.3) is 0 Å². The van der Waals surface area contributed by atoms with Gasteiger partial charge >= 0.3 is 5.97 Å². The second kappa shape index (κ2) is 10.8. The molecule has 33 heavy (non-hydrogen) atoms. The summed E-state index contributed by atoms with van der Waals surface area (Å²) < 4.78 is 6.17. The van der Waals surface area contributed by atoms with Crippen LogP contribution in [0.5, 0.6) is 5.75 Å². The first-order valence-corrected chi connectivity index (χ1v) is 13.9. The van der Waals surface area contributed by atoms with Crippen molar-refractivity contribution in [2.24, 2.45) is 23.2 Å². The molecule has 0 spiro atoms. The number of fused-ring (bicyclic) bond motifs is 5. The first-order valence-electron chi connectivity index (χ1n) is 13.9. The Morgan fingerprint density at radius 1 is 1.06 bits per heavy atom. The number of aromatic hydroxyl groups is 1. The summed E-state index contributed by atoms with van der Waals surface area (Å²) in [5, 5.41) is 9.97. The minimum Gasteiger partial charge on any atom is -0.508 e. The molecule has 0 aromatic heterocycles. The lowest BCUT2D eigenvalue weighted by atomic mass is 9.53. The van der Waals surface area contributed by atoms with Crippen LogP contribution in [0, 0.1) is 23.2 Å². The minimum atomic E-state index is 0.0347. The summed E-state index contributed by atoms with van der Waals surface area (Å²) in [6, 6.07) is 6.03. The Kier molecular flexibility index (Phi) is 8.07. The van der Waals surface area contributed by atoms with Gasteiger partial charge in [-0.05, 0) is 85.5 Å². The molecule has 3 aliphatic rings. The summed E-state index contributed by atoms with van der Waals surface area (Å²) >= 11 is 0. The smallest absolute Gasteiger partial charge is 0.306 e. The number of phenolic OH excluding ortho intramolecular Hbond substituents is 1. The second-order valence-electron chi connectivity index (χ2n) is 11.7. The van der Waals surface area contributed by atoms with Crippen LogP contribution in [0.15, 0.2) is 18.2 Å². The van der Waals surface area contributed by atoms with Crippen LogP contribution in [0.2, 0.25) is 0 Å². The highest BCUT2D eigenvalue weighted by Crippen LogP contribution is 2.62. The first kappa shape index (κ1) is 24.6. The monoisotopic (exact) mass is 454 g/mol. The van der Waals surface area contributed by atoms with Crippen molar-refractivity contribution < 1.29 is 14.6 Å². The van der Waals surface area contributed by atoms with Crippen molar-refractivity contribution in [1.82, 2.24) is 0 Å². The molecule has 1 N–H and O–H groups in total. The number of carbonyl (C=O) groups excluding carboxylic acids is 1. The summed E-state index contributed by atoms with van der Waals surface area (Å²) in [6.45, 7) is 7.07. The van der Waals surface area contributed by atoms with Crippen LogP contribution in [0.25, 0.3) is 0 Å². The number of hydrogen-bond donors (Lipinski definition) is 1. The largest absolute Gasteiger partial charge is 0.508 e. The Morgan fingerprint density at radius 2 is 1.79 bits per heavy atom. The summed E-state index contributed by atoms with van der Waals surface area (Å²) in [5.41, 5.74) is 2.94. The number of carbonyl (C=O) groups is 1. The minimum absolute atomic E-state index is 0.0347. The summed E-state index contributed by atoms with van der Waals surface area (Å²) in [7, 11) is 0. The van der Waals surface area contributed by atoms with Crippen molar-refractivity contribution in [3.8, 4) is 5.75 Å². The molecule has 184 valence electrons. The van der Waals surface area contributed by atoms with Gasteiger partial charge in [0.2, 0.25) is 0 Å². The van der Waals surface area contributed by atoms with E-state index >= 15 is 0 Å². The van der Waals surface area contributed by atoms with Crippen molar-refractivity contribution in [3.63, 3.8) is 0 Å². The van der Waals surface area contributed by atoms with Gasteiger partial charge in [0.05, 0.1) is 0 Å². The van der Waals surface area contributed by atoms with Crippen molar-refractivity contribution in [2.75, 3.05) is 0 Å². The number of esters is 1. The van der Waals surface area contributed by atoms with Gasteiger partial charge in [-0.2, -0.15) is 0 Å². The van der Waals surface area contributed by atoms with Crippen LogP contribution < -0.4 is 0 Å². The van der Waals surface area contributed by atoms with Crippen molar-refractivity contribution >= 4 is 5.97 Å². The molecular formula is C30H46O3. The van der Waals surface area contributed by atoms with Gasteiger partial charge in [0.1, 0.15) is 11.9 Å². The van der Waals surface area contributed by atoms with Gasteiger partial charge in [0, 0.05) is 11.8 Å². The van der Waals surface area contributed by atoms with Crippen LogP contribution in [-0.2, 0) is 16.0 Å². The number of rotatable bonds is 10. The highest BCUT2D eigenvalue weighted by atomic mass is 16.5. The Morgan fingerprint density at radius 3 is 2.55 bits per heavy atom. The van der Waals surface area contributed by atoms with E-state index in [2.05, 4.69) is 26.8 Å². The third kappa shape index (κ3) is 5.28. The van der Waals surface area contributed by atoms with Gasteiger partial charge < -0.3 is 9.84 Å². The van der Waals surface area contributed by atoms with E-state index in [0.717, 1.165) is 32.1 Å². The fourth-order valence-electron chi connectivity index (χ4n) is 7.73. The van der Waals surface area contributed by atoms with Gasteiger partial charge in [-0.3, -0.25) is 4.79 Å². The van der Waals surface area contributed by atoms with Crippen LogP contribution in [0.4, 0.5) is 0 Å². The zero-order valence-corrected chi connectivity index (χ0v) is 21.3. The molecule has 1 aromatic rings. The Labute approximate surface area is 201 Å². The molecule has 2 fully saturated rings. The normalized spacial score (nSPS) is 32.6. The van der Waals surface area contributed by atoms with Gasteiger partial charge in [-0.1, -0.05) is 71.8 Å². The Hall–Kier alpha value is -1.51. The molecule has 0 heterocycles. The fourth-order valence-corrected chi connectivity index (χ4v) is 7.73. The summed E-state index contributed by atoms with van der Waals surface area (Å²) in [5.74, 6) is 2.93. The number of unbranched alkanes of at least 4 members (excludes halogenated alkanes) is 7. The molecule has 0 aliphatic heterocycles. The highest BCUT2D eigenvalue weighted by molar-refractivity contribution is 5.69. The van der Waals surface area contributed by atoms with Crippen molar-refractivity contribution in [1.29, 1.82) is 0 Å². The van der Waals surface area contributed by atoms with E-state index in [1.54, 1.807) is 0 Å². The van der Waals surface area contributed by atoms with E-state index in [9.17, 15) is 9.90 Å². The van der Waals surface area contributed by atoms with Crippen molar-refractivity contribution in [2.45, 2.75) is 123 Å². The standard InChI is InChI=1S/C30H46O3/c1-4-5-6-7-8-9-10-11-12-28(32)33-27-16-15-26-29-21(2)19-22-20-23(31)13-14-24(22)25(29)17-18-30(26,27)3/h13-14,20-21,25-27,29,31H,4-12,15-19H2,1-3H3/t21-,25?,26?,27-,29?,30-/m0/s1. The maximum atomic E-state index is 12.7. The second-order valence-corrected chi connectivity index (χ2v) is 11.7. The average molecular weight is 455 g/mol. The lowest BCUT2D eigenvalue weighted by molar-refractivity contribution is -0.158. The van der Waals surface area contributed by atoms with Crippen LogP contribution >= 0.6 is 0 Å². The van der Waals surface area contributed by atoms with Gasteiger partial charge in [0.15, 0.2) is 0 Å². The highest BCUT2D eigenvalue weighted by Gasteiger charge is 2.57. The maximum Gasteiger partial charge on any atom is 0.306 e. The molecule has 3 heteroatoms.